The Labute approximate surface area is 167 Å². The molecule has 1 N–H and O–H groups in total. The second-order valence-corrected chi connectivity index (χ2v) is 6.61. The standard InChI is InChI=1S/C18H13Cl2F3N4O/c19-13-3-1-2-11(8-13)6-7-24-14-10-26-27(17(28)16(14)20)15-5-4-12(9-25-15)18(21,22)23/h1-5,8-10,24H,6-7H2. The van der Waals surface area contributed by atoms with Crippen molar-refractivity contribution in [2.45, 2.75) is 12.6 Å². The van der Waals surface area contributed by atoms with Crippen LogP contribution in [0.5, 0.6) is 0 Å². The first-order valence-electron chi connectivity index (χ1n) is 8.05. The number of benzene rings is 1. The lowest BCUT2D eigenvalue weighted by molar-refractivity contribution is -0.137. The van der Waals surface area contributed by atoms with Crippen molar-refractivity contribution in [3.05, 3.63) is 80.3 Å². The smallest absolute Gasteiger partial charge is 0.382 e. The fourth-order valence-electron chi connectivity index (χ4n) is 2.43. The van der Waals surface area contributed by atoms with Gasteiger partial charge < -0.3 is 5.32 Å². The lowest BCUT2D eigenvalue weighted by Gasteiger charge is -2.11. The van der Waals surface area contributed by atoms with Gasteiger partial charge in [-0.1, -0.05) is 35.3 Å². The number of halogens is 5. The summed E-state index contributed by atoms with van der Waals surface area (Å²) in [6.07, 6.45) is -1.92. The van der Waals surface area contributed by atoms with Crippen molar-refractivity contribution in [1.29, 1.82) is 0 Å². The molecular formula is C18H13Cl2F3N4O. The first-order chi connectivity index (χ1) is 13.3. The summed E-state index contributed by atoms with van der Waals surface area (Å²) in [4.78, 5) is 16.0. The molecule has 10 heteroatoms. The van der Waals surface area contributed by atoms with Gasteiger partial charge in [-0.2, -0.15) is 23.0 Å². The molecule has 0 aliphatic heterocycles. The minimum atomic E-state index is -4.52. The summed E-state index contributed by atoms with van der Waals surface area (Å²) < 4.78 is 38.7. The van der Waals surface area contributed by atoms with E-state index in [1.165, 1.54) is 6.20 Å². The third-order valence-corrected chi connectivity index (χ3v) is 4.43. The minimum Gasteiger partial charge on any atom is -0.382 e. The van der Waals surface area contributed by atoms with E-state index in [2.05, 4.69) is 15.4 Å². The number of hydrogen-bond donors (Lipinski definition) is 1. The lowest BCUT2D eigenvalue weighted by Crippen LogP contribution is -2.24. The Bertz CT molecular complexity index is 1040. The van der Waals surface area contributed by atoms with Crippen LogP contribution in [0.15, 0.2) is 53.6 Å². The van der Waals surface area contributed by atoms with E-state index in [9.17, 15) is 18.0 Å². The molecule has 0 amide bonds. The minimum absolute atomic E-state index is 0.0645. The summed E-state index contributed by atoms with van der Waals surface area (Å²) in [5.41, 5.74) is -0.292. The second kappa shape index (κ2) is 8.20. The Kier molecular flexibility index (Phi) is 5.90. The normalized spacial score (nSPS) is 11.5. The third kappa shape index (κ3) is 4.63. The van der Waals surface area contributed by atoms with Crippen molar-refractivity contribution in [3.63, 3.8) is 0 Å². The molecule has 0 saturated carbocycles. The van der Waals surface area contributed by atoms with Crippen LogP contribution in [0, 0.1) is 0 Å². The van der Waals surface area contributed by atoms with Crippen molar-refractivity contribution >= 4 is 28.9 Å². The van der Waals surface area contributed by atoms with E-state index < -0.39 is 17.3 Å². The molecule has 28 heavy (non-hydrogen) atoms. The summed E-state index contributed by atoms with van der Waals surface area (Å²) in [7, 11) is 0. The van der Waals surface area contributed by atoms with Crippen LogP contribution in [0.2, 0.25) is 10.0 Å². The summed E-state index contributed by atoms with van der Waals surface area (Å²) in [6.45, 7) is 0.476. The van der Waals surface area contributed by atoms with E-state index >= 15 is 0 Å². The number of nitrogens with zero attached hydrogens (tertiary/aromatic N) is 3. The number of alkyl halides is 3. The molecule has 0 bridgehead atoms. The molecular weight excluding hydrogens is 416 g/mol. The zero-order valence-corrected chi connectivity index (χ0v) is 15.7. The average molecular weight is 429 g/mol. The highest BCUT2D eigenvalue weighted by Crippen LogP contribution is 2.28. The highest BCUT2D eigenvalue weighted by molar-refractivity contribution is 6.33. The van der Waals surface area contributed by atoms with E-state index in [4.69, 9.17) is 23.2 Å². The number of hydrogen-bond acceptors (Lipinski definition) is 4. The van der Waals surface area contributed by atoms with E-state index in [0.29, 0.717) is 29.9 Å². The Balaban J connectivity index is 1.75. The summed E-state index contributed by atoms with van der Waals surface area (Å²) >= 11 is 12.0. The fraction of sp³-hybridized carbons (Fsp3) is 0.167. The Morgan fingerprint density at radius 1 is 1.11 bits per heavy atom. The number of aromatic nitrogens is 3. The number of nitrogens with one attached hydrogen (secondary N) is 1. The van der Waals surface area contributed by atoms with Crippen molar-refractivity contribution < 1.29 is 13.2 Å². The van der Waals surface area contributed by atoms with Crippen LogP contribution in [0.25, 0.3) is 5.82 Å². The molecule has 1 aromatic carbocycles. The molecule has 0 aliphatic rings. The summed E-state index contributed by atoms with van der Waals surface area (Å²) in [6, 6.07) is 9.24. The van der Waals surface area contributed by atoms with E-state index in [-0.39, 0.29) is 10.8 Å². The monoisotopic (exact) mass is 428 g/mol. The van der Waals surface area contributed by atoms with Crippen LogP contribution in [0.1, 0.15) is 11.1 Å². The Hall–Kier alpha value is -2.58. The number of pyridine rings is 1. The van der Waals surface area contributed by atoms with Gasteiger partial charge in [0.15, 0.2) is 5.82 Å². The zero-order chi connectivity index (χ0) is 20.3. The van der Waals surface area contributed by atoms with Gasteiger partial charge in [0.2, 0.25) is 0 Å². The van der Waals surface area contributed by atoms with Crippen LogP contribution in [-0.2, 0) is 12.6 Å². The predicted molar refractivity (Wildman–Crippen MR) is 101 cm³/mol. The zero-order valence-electron chi connectivity index (χ0n) is 14.2. The molecule has 0 saturated heterocycles. The highest BCUT2D eigenvalue weighted by atomic mass is 35.5. The van der Waals surface area contributed by atoms with Gasteiger partial charge >= 0.3 is 6.18 Å². The van der Waals surface area contributed by atoms with E-state index in [1.54, 1.807) is 6.07 Å². The van der Waals surface area contributed by atoms with Gasteiger partial charge in [0.05, 0.1) is 17.4 Å². The number of anilines is 1. The van der Waals surface area contributed by atoms with E-state index in [0.717, 1.165) is 22.4 Å². The molecule has 0 fully saturated rings. The fourth-order valence-corrected chi connectivity index (χ4v) is 2.84. The molecule has 0 unspecified atom stereocenters. The van der Waals surface area contributed by atoms with E-state index in [1.807, 2.05) is 18.2 Å². The number of rotatable bonds is 5. The van der Waals surface area contributed by atoms with Crippen LogP contribution in [0.4, 0.5) is 18.9 Å². The average Bonchev–Trinajstić information content (AvgIpc) is 2.65. The maximum atomic E-state index is 12.6. The predicted octanol–water partition coefficient (Wildman–Crippen LogP) is 4.61. The van der Waals surface area contributed by atoms with Crippen LogP contribution < -0.4 is 10.9 Å². The molecule has 2 aromatic heterocycles. The molecule has 146 valence electrons. The van der Waals surface area contributed by atoms with Gasteiger partial charge in [0.25, 0.3) is 5.56 Å². The first kappa shape index (κ1) is 20.2. The quantitative estimate of drug-likeness (QED) is 0.644. The highest BCUT2D eigenvalue weighted by Gasteiger charge is 2.30. The van der Waals surface area contributed by atoms with Gasteiger partial charge in [-0.05, 0) is 36.2 Å². The molecule has 0 atom stereocenters. The third-order valence-electron chi connectivity index (χ3n) is 3.83. The molecule has 3 rings (SSSR count). The molecule has 5 nitrogen and oxygen atoms in total. The Morgan fingerprint density at radius 3 is 2.54 bits per heavy atom. The molecule has 0 spiro atoms. The van der Waals surface area contributed by atoms with Crippen LogP contribution in [-0.4, -0.2) is 21.3 Å². The maximum absolute atomic E-state index is 12.6. The summed E-state index contributed by atoms with van der Waals surface area (Å²) in [5.74, 6) is -0.0645. The van der Waals surface area contributed by atoms with Gasteiger partial charge in [0.1, 0.15) is 5.02 Å². The van der Waals surface area contributed by atoms with Gasteiger partial charge in [-0.25, -0.2) is 4.98 Å². The van der Waals surface area contributed by atoms with Gasteiger partial charge in [0, 0.05) is 17.8 Å². The SMILES string of the molecule is O=c1c(Cl)c(NCCc2cccc(Cl)c2)cnn1-c1ccc(C(F)(F)F)cn1. The topological polar surface area (TPSA) is 59.8 Å². The maximum Gasteiger partial charge on any atom is 0.417 e. The molecule has 3 aromatic rings. The van der Waals surface area contributed by atoms with Crippen LogP contribution in [0.3, 0.4) is 0 Å². The summed E-state index contributed by atoms with van der Waals surface area (Å²) in [5, 5.41) is 7.43. The Morgan fingerprint density at radius 2 is 1.89 bits per heavy atom. The van der Waals surface area contributed by atoms with Crippen LogP contribution >= 0.6 is 23.2 Å². The lowest BCUT2D eigenvalue weighted by atomic mass is 10.1. The van der Waals surface area contributed by atoms with Crippen molar-refractivity contribution in [3.8, 4) is 5.82 Å². The second-order valence-electron chi connectivity index (χ2n) is 5.80. The largest absolute Gasteiger partial charge is 0.417 e. The van der Waals surface area contributed by atoms with Crippen molar-refractivity contribution in [1.82, 2.24) is 14.8 Å². The first-order valence-corrected chi connectivity index (χ1v) is 8.81. The molecule has 0 aliphatic carbocycles. The van der Waals surface area contributed by atoms with Crippen molar-refractivity contribution in [2.75, 3.05) is 11.9 Å². The van der Waals surface area contributed by atoms with Gasteiger partial charge in [-0.15, -0.1) is 0 Å². The molecule has 2 heterocycles. The van der Waals surface area contributed by atoms with Crippen molar-refractivity contribution in [2.24, 2.45) is 0 Å². The van der Waals surface area contributed by atoms with Gasteiger partial charge in [-0.3, -0.25) is 4.79 Å². The molecule has 0 radical (unpaired) electrons.